The zero-order valence-corrected chi connectivity index (χ0v) is 10.4. The fraction of sp³-hybridized carbons (Fsp3) is 0.909. The fourth-order valence-electron chi connectivity index (χ4n) is 2.31. The smallest absolute Gasteiger partial charge is 0.321 e. The minimum Gasteiger partial charge on any atom is -0.480 e. The van der Waals surface area contributed by atoms with Gasteiger partial charge in [0.1, 0.15) is 6.04 Å². The summed E-state index contributed by atoms with van der Waals surface area (Å²) in [5.74, 6) is -0.931. The Morgan fingerprint density at radius 1 is 1.44 bits per heavy atom. The maximum Gasteiger partial charge on any atom is 0.321 e. The summed E-state index contributed by atoms with van der Waals surface area (Å²) < 4.78 is 0. The van der Waals surface area contributed by atoms with Crippen LogP contribution in [0.2, 0.25) is 0 Å². The summed E-state index contributed by atoms with van der Waals surface area (Å²) in [7, 11) is 6.11. The number of hydrogen-bond acceptors (Lipinski definition) is 4. The van der Waals surface area contributed by atoms with Crippen molar-refractivity contribution in [3.63, 3.8) is 0 Å². The molecule has 0 aromatic rings. The molecule has 0 radical (unpaired) electrons. The average Bonchev–Trinajstić information content (AvgIpc) is 2.10. The van der Waals surface area contributed by atoms with Crippen LogP contribution in [0.25, 0.3) is 0 Å². The second-order valence-electron chi connectivity index (χ2n) is 5.11. The van der Waals surface area contributed by atoms with E-state index in [1.807, 2.05) is 11.9 Å². The van der Waals surface area contributed by atoms with Crippen molar-refractivity contribution < 1.29 is 9.90 Å². The molecule has 1 saturated carbocycles. The molecule has 0 saturated heterocycles. The maximum atomic E-state index is 10.7. The SMILES string of the molecule is CN(CC(N)C(=O)O)CC1(N(C)C)CCC1. The van der Waals surface area contributed by atoms with Gasteiger partial charge in [-0.15, -0.1) is 0 Å². The summed E-state index contributed by atoms with van der Waals surface area (Å²) in [6.45, 7) is 1.30. The normalized spacial score (nSPS) is 20.9. The van der Waals surface area contributed by atoms with E-state index in [2.05, 4.69) is 19.0 Å². The van der Waals surface area contributed by atoms with E-state index in [1.165, 1.54) is 19.3 Å². The van der Waals surface area contributed by atoms with E-state index in [1.54, 1.807) is 0 Å². The zero-order chi connectivity index (χ0) is 12.3. The number of rotatable bonds is 6. The Kier molecular flexibility index (Phi) is 4.29. The minimum absolute atomic E-state index is 0.229. The molecule has 1 atom stereocenters. The summed E-state index contributed by atoms with van der Waals surface area (Å²) in [6.07, 6.45) is 3.64. The largest absolute Gasteiger partial charge is 0.480 e. The Balaban J connectivity index is 2.44. The highest BCUT2D eigenvalue weighted by Crippen LogP contribution is 2.36. The monoisotopic (exact) mass is 229 g/mol. The van der Waals surface area contributed by atoms with Gasteiger partial charge in [0.25, 0.3) is 0 Å². The Labute approximate surface area is 97.2 Å². The second kappa shape index (κ2) is 5.12. The van der Waals surface area contributed by atoms with Crippen LogP contribution >= 0.6 is 0 Å². The Hall–Kier alpha value is -0.650. The lowest BCUT2D eigenvalue weighted by Crippen LogP contribution is -2.58. The van der Waals surface area contributed by atoms with Crippen LogP contribution in [-0.4, -0.2) is 66.7 Å². The molecule has 0 aromatic heterocycles. The molecule has 1 aliphatic carbocycles. The number of nitrogens with two attached hydrogens (primary N) is 1. The zero-order valence-electron chi connectivity index (χ0n) is 10.4. The molecule has 1 aliphatic rings. The van der Waals surface area contributed by atoms with Crippen molar-refractivity contribution in [1.82, 2.24) is 9.80 Å². The Bertz CT molecular complexity index is 252. The molecule has 0 amide bonds. The third kappa shape index (κ3) is 2.93. The number of carboxylic acids is 1. The van der Waals surface area contributed by atoms with Gasteiger partial charge in [0, 0.05) is 18.6 Å². The summed E-state index contributed by atoms with van der Waals surface area (Å²) in [4.78, 5) is 14.9. The molecule has 0 aromatic carbocycles. The van der Waals surface area contributed by atoms with Gasteiger partial charge >= 0.3 is 5.97 Å². The number of carboxylic acid groups (broad SMARTS) is 1. The standard InChI is InChI=1S/C11H23N3O2/c1-13(2)11(5-4-6-11)8-14(3)7-9(12)10(15)16/h9H,4-8,12H2,1-3H3,(H,15,16). The summed E-state index contributed by atoms with van der Waals surface area (Å²) in [5.41, 5.74) is 5.75. The van der Waals surface area contributed by atoms with Crippen LogP contribution in [0.5, 0.6) is 0 Å². The molecule has 1 rings (SSSR count). The number of carbonyl (C=O) groups is 1. The lowest BCUT2D eigenvalue weighted by molar-refractivity contribution is -0.139. The quantitative estimate of drug-likeness (QED) is 0.661. The topological polar surface area (TPSA) is 69.8 Å². The molecule has 94 valence electrons. The van der Waals surface area contributed by atoms with E-state index >= 15 is 0 Å². The van der Waals surface area contributed by atoms with Crippen LogP contribution in [0, 0.1) is 0 Å². The highest BCUT2D eigenvalue weighted by Gasteiger charge is 2.39. The van der Waals surface area contributed by atoms with Crippen molar-refractivity contribution in [2.24, 2.45) is 5.73 Å². The van der Waals surface area contributed by atoms with Crippen LogP contribution in [0.15, 0.2) is 0 Å². The molecule has 5 nitrogen and oxygen atoms in total. The lowest BCUT2D eigenvalue weighted by Gasteiger charge is -2.49. The van der Waals surface area contributed by atoms with Crippen LogP contribution < -0.4 is 5.73 Å². The fourth-order valence-corrected chi connectivity index (χ4v) is 2.31. The van der Waals surface area contributed by atoms with Gasteiger partial charge in [-0.1, -0.05) is 0 Å². The molecule has 1 unspecified atom stereocenters. The Morgan fingerprint density at radius 2 is 2.00 bits per heavy atom. The predicted molar refractivity (Wildman–Crippen MR) is 63.4 cm³/mol. The molecule has 16 heavy (non-hydrogen) atoms. The first-order valence-electron chi connectivity index (χ1n) is 5.72. The highest BCUT2D eigenvalue weighted by molar-refractivity contribution is 5.73. The second-order valence-corrected chi connectivity index (χ2v) is 5.11. The van der Waals surface area contributed by atoms with Crippen molar-refractivity contribution >= 4 is 5.97 Å². The lowest BCUT2D eigenvalue weighted by atomic mass is 9.75. The van der Waals surface area contributed by atoms with E-state index in [4.69, 9.17) is 10.8 Å². The van der Waals surface area contributed by atoms with Gasteiger partial charge in [-0.05, 0) is 40.4 Å². The van der Waals surface area contributed by atoms with Crippen molar-refractivity contribution in [1.29, 1.82) is 0 Å². The molecule has 5 heteroatoms. The van der Waals surface area contributed by atoms with Gasteiger partial charge in [-0.25, -0.2) is 0 Å². The van der Waals surface area contributed by atoms with Crippen LogP contribution in [0.4, 0.5) is 0 Å². The van der Waals surface area contributed by atoms with Gasteiger partial charge in [0.15, 0.2) is 0 Å². The maximum absolute atomic E-state index is 10.7. The first-order valence-corrected chi connectivity index (χ1v) is 5.72. The van der Waals surface area contributed by atoms with E-state index < -0.39 is 12.0 Å². The molecule has 0 bridgehead atoms. The molecule has 0 spiro atoms. The van der Waals surface area contributed by atoms with Crippen molar-refractivity contribution in [2.45, 2.75) is 30.8 Å². The molecular weight excluding hydrogens is 206 g/mol. The van der Waals surface area contributed by atoms with Gasteiger partial charge in [0.05, 0.1) is 0 Å². The van der Waals surface area contributed by atoms with Crippen LogP contribution in [0.3, 0.4) is 0 Å². The van der Waals surface area contributed by atoms with Gasteiger partial charge in [0.2, 0.25) is 0 Å². The van der Waals surface area contributed by atoms with E-state index in [0.717, 1.165) is 6.54 Å². The third-order valence-electron chi connectivity index (χ3n) is 3.62. The van der Waals surface area contributed by atoms with Crippen molar-refractivity contribution in [2.75, 3.05) is 34.2 Å². The number of hydrogen-bond donors (Lipinski definition) is 2. The molecule has 1 fully saturated rings. The van der Waals surface area contributed by atoms with E-state index in [9.17, 15) is 4.79 Å². The number of aliphatic carboxylic acids is 1. The van der Waals surface area contributed by atoms with E-state index in [-0.39, 0.29) is 5.54 Å². The molecule has 3 N–H and O–H groups in total. The molecular formula is C11H23N3O2. The van der Waals surface area contributed by atoms with Crippen LogP contribution in [-0.2, 0) is 4.79 Å². The predicted octanol–water partition coefficient (Wildman–Crippen LogP) is -0.186. The van der Waals surface area contributed by atoms with Gasteiger partial charge in [-0.2, -0.15) is 0 Å². The number of nitrogens with zero attached hydrogens (tertiary/aromatic N) is 2. The van der Waals surface area contributed by atoms with Gasteiger partial charge in [-0.3, -0.25) is 4.79 Å². The average molecular weight is 229 g/mol. The Morgan fingerprint density at radius 3 is 2.31 bits per heavy atom. The highest BCUT2D eigenvalue weighted by atomic mass is 16.4. The number of likely N-dealkylation sites (N-methyl/N-ethyl adjacent to an activating group) is 2. The van der Waals surface area contributed by atoms with Crippen LogP contribution in [0.1, 0.15) is 19.3 Å². The molecule has 0 heterocycles. The first kappa shape index (κ1) is 13.4. The molecule has 0 aliphatic heterocycles. The first-order chi connectivity index (χ1) is 7.37. The summed E-state index contributed by atoms with van der Waals surface area (Å²) >= 11 is 0. The van der Waals surface area contributed by atoms with Crippen molar-refractivity contribution in [3.05, 3.63) is 0 Å². The van der Waals surface area contributed by atoms with Crippen molar-refractivity contribution in [3.8, 4) is 0 Å². The summed E-state index contributed by atoms with van der Waals surface area (Å²) in [5, 5.41) is 8.75. The van der Waals surface area contributed by atoms with Gasteiger partial charge < -0.3 is 20.6 Å². The third-order valence-corrected chi connectivity index (χ3v) is 3.62. The minimum atomic E-state index is -0.931. The van der Waals surface area contributed by atoms with E-state index in [0.29, 0.717) is 6.54 Å². The summed E-state index contributed by atoms with van der Waals surface area (Å²) in [6, 6.07) is -0.788.